The summed E-state index contributed by atoms with van der Waals surface area (Å²) in [5.41, 5.74) is 6.10. The SMILES string of the molecule is N#Cc1cccc(O)c1-c1cc(-c2ccc3sc4ccccc4c3c2)cc(-c2ccc3sc4ccccc4c3c2)c1. The Labute approximate surface area is 244 Å². The number of fused-ring (bicyclic) bond motifs is 6. The molecular weight excluding hydrogens is 539 g/mol. The Balaban J connectivity index is 1.39. The lowest BCUT2D eigenvalue weighted by atomic mass is 9.90. The van der Waals surface area contributed by atoms with E-state index in [-0.39, 0.29) is 5.75 Å². The van der Waals surface area contributed by atoms with E-state index in [1.807, 2.05) is 22.7 Å². The van der Waals surface area contributed by atoms with Crippen LogP contribution in [0.15, 0.2) is 121 Å². The van der Waals surface area contributed by atoms with Crippen molar-refractivity contribution >= 4 is 63.0 Å². The molecule has 0 unspecified atom stereocenters. The number of thiophene rings is 2. The zero-order chi connectivity index (χ0) is 27.5. The van der Waals surface area contributed by atoms with Crippen molar-refractivity contribution in [2.45, 2.75) is 0 Å². The number of aromatic hydroxyl groups is 1. The summed E-state index contributed by atoms with van der Waals surface area (Å²) < 4.78 is 5.07. The standard InChI is InChI=1S/C37H21NOS2/c38-21-24-6-5-9-32(39)37(24)27-17-25(22-12-14-35-30(19-22)28-7-1-3-10-33(28)40-35)16-26(18-27)23-13-15-36-31(20-23)29-8-2-4-11-34(29)41-36/h1-20,39H. The minimum atomic E-state index is 0.103. The number of benzene rings is 6. The van der Waals surface area contributed by atoms with E-state index in [0.29, 0.717) is 11.1 Å². The van der Waals surface area contributed by atoms with Crippen molar-refractivity contribution in [3.63, 3.8) is 0 Å². The number of phenols is 1. The molecule has 2 aromatic heterocycles. The highest BCUT2D eigenvalue weighted by atomic mass is 32.1. The molecule has 2 heterocycles. The van der Waals surface area contributed by atoms with E-state index >= 15 is 0 Å². The van der Waals surface area contributed by atoms with Gasteiger partial charge in [0.15, 0.2) is 0 Å². The van der Waals surface area contributed by atoms with Gasteiger partial charge >= 0.3 is 0 Å². The Bertz CT molecular complexity index is 2220. The molecule has 0 aliphatic rings. The lowest BCUT2D eigenvalue weighted by Crippen LogP contribution is -1.89. The van der Waals surface area contributed by atoms with Crippen LogP contribution in [0.4, 0.5) is 0 Å². The first-order valence-electron chi connectivity index (χ1n) is 13.4. The molecule has 4 heteroatoms. The third-order valence-electron chi connectivity index (χ3n) is 7.80. The van der Waals surface area contributed by atoms with Gasteiger partial charge in [-0.15, -0.1) is 22.7 Å². The average molecular weight is 560 g/mol. The van der Waals surface area contributed by atoms with Crippen molar-refractivity contribution in [3.8, 4) is 45.2 Å². The van der Waals surface area contributed by atoms with E-state index in [2.05, 4.69) is 109 Å². The van der Waals surface area contributed by atoms with Gasteiger partial charge < -0.3 is 5.11 Å². The van der Waals surface area contributed by atoms with Gasteiger partial charge in [-0.2, -0.15) is 5.26 Å². The summed E-state index contributed by atoms with van der Waals surface area (Å²) in [4.78, 5) is 0. The minimum Gasteiger partial charge on any atom is -0.507 e. The normalized spacial score (nSPS) is 11.5. The lowest BCUT2D eigenvalue weighted by molar-refractivity contribution is 0.477. The smallest absolute Gasteiger partial charge is 0.124 e. The fourth-order valence-electron chi connectivity index (χ4n) is 5.85. The number of nitriles is 1. The van der Waals surface area contributed by atoms with Crippen molar-refractivity contribution in [1.82, 2.24) is 0 Å². The molecule has 0 atom stereocenters. The van der Waals surface area contributed by atoms with E-state index in [0.717, 1.165) is 27.8 Å². The molecule has 0 radical (unpaired) electrons. The fraction of sp³-hybridized carbons (Fsp3) is 0. The summed E-state index contributed by atoms with van der Waals surface area (Å²) in [6.45, 7) is 0. The summed E-state index contributed by atoms with van der Waals surface area (Å²) in [6, 6.07) is 44.1. The minimum absolute atomic E-state index is 0.103. The predicted molar refractivity (Wildman–Crippen MR) is 175 cm³/mol. The second kappa shape index (κ2) is 9.31. The van der Waals surface area contributed by atoms with Crippen LogP contribution in [0, 0.1) is 11.3 Å². The zero-order valence-corrected chi connectivity index (χ0v) is 23.4. The van der Waals surface area contributed by atoms with E-state index in [1.54, 1.807) is 18.2 Å². The molecule has 0 saturated carbocycles. The number of phenolic OH excluding ortho intramolecular Hbond substituents is 1. The summed E-state index contributed by atoms with van der Waals surface area (Å²) in [7, 11) is 0. The quantitative estimate of drug-likeness (QED) is 0.234. The fourth-order valence-corrected chi connectivity index (χ4v) is 8.03. The van der Waals surface area contributed by atoms with Gasteiger partial charge in [-0.05, 0) is 94.5 Å². The first-order chi connectivity index (χ1) is 20.2. The van der Waals surface area contributed by atoms with Gasteiger partial charge in [-0.1, -0.05) is 54.6 Å². The van der Waals surface area contributed by atoms with E-state index in [9.17, 15) is 10.4 Å². The number of hydrogen-bond donors (Lipinski definition) is 1. The first-order valence-corrected chi connectivity index (χ1v) is 15.0. The number of rotatable bonds is 3. The van der Waals surface area contributed by atoms with Crippen LogP contribution in [0.25, 0.3) is 73.7 Å². The molecule has 192 valence electrons. The topological polar surface area (TPSA) is 44.0 Å². The van der Waals surface area contributed by atoms with Crippen molar-refractivity contribution in [2.75, 3.05) is 0 Å². The van der Waals surface area contributed by atoms with Crippen LogP contribution in [0.5, 0.6) is 5.75 Å². The molecule has 1 N–H and O–H groups in total. The van der Waals surface area contributed by atoms with Crippen LogP contribution in [0.3, 0.4) is 0 Å². The third kappa shape index (κ3) is 3.90. The molecule has 6 aromatic carbocycles. The maximum absolute atomic E-state index is 10.9. The van der Waals surface area contributed by atoms with Crippen molar-refractivity contribution in [1.29, 1.82) is 5.26 Å². The molecular formula is C37H21NOS2. The van der Waals surface area contributed by atoms with Crippen LogP contribution >= 0.6 is 22.7 Å². The van der Waals surface area contributed by atoms with Crippen LogP contribution in [0.2, 0.25) is 0 Å². The zero-order valence-electron chi connectivity index (χ0n) is 21.8. The summed E-state index contributed by atoms with van der Waals surface area (Å²) in [5, 5.41) is 25.8. The van der Waals surface area contributed by atoms with Crippen LogP contribution in [-0.4, -0.2) is 5.11 Å². The molecule has 41 heavy (non-hydrogen) atoms. The maximum Gasteiger partial charge on any atom is 0.124 e. The van der Waals surface area contributed by atoms with Gasteiger partial charge in [0.2, 0.25) is 0 Å². The Morgan fingerprint density at radius 1 is 0.463 bits per heavy atom. The molecule has 8 rings (SSSR count). The maximum atomic E-state index is 10.9. The van der Waals surface area contributed by atoms with Gasteiger partial charge in [-0.25, -0.2) is 0 Å². The Morgan fingerprint density at radius 3 is 1.54 bits per heavy atom. The average Bonchev–Trinajstić information content (AvgIpc) is 3.58. The predicted octanol–water partition coefficient (Wildman–Crippen LogP) is 11.0. The second-order valence-corrected chi connectivity index (χ2v) is 12.4. The second-order valence-electron chi connectivity index (χ2n) is 10.2. The summed E-state index contributed by atoms with van der Waals surface area (Å²) >= 11 is 3.61. The highest BCUT2D eigenvalue weighted by molar-refractivity contribution is 7.26. The molecule has 2 nitrogen and oxygen atoms in total. The van der Waals surface area contributed by atoms with Gasteiger partial charge in [0.1, 0.15) is 5.75 Å². The highest BCUT2D eigenvalue weighted by Gasteiger charge is 2.16. The molecule has 0 spiro atoms. The first kappa shape index (κ1) is 23.9. The molecule has 0 aliphatic heterocycles. The molecule has 0 aliphatic carbocycles. The molecule has 0 saturated heterocycles. The van der Waals surface area contributed by atoms with Crippen LogP contribution in [0.1, 0.15) is 5.56 Å². The molecule has 0 amide bonds. The molecule has 0 fully saturated rings. The summed E-state index contributed by atoms with van der Waals surface area (Å²) in [5.74, 6) is 0.103. The van der Waals surface area contributed by atoms with Gasteiger partial charge in [-0.3, -0.25) is 0 Å². The molecule has 0 bridgehead atoms. The van der Waals surface area contributed by atoms with Crippen molar-refractivity contribution in [3.05, 3.63) is 127 Å². The van der Waals surface area contributed by atoms with E-state index in [4.69, 9.17) is 0 Å². The van der Waals surface area contributed by atoms with Crippen LogP contribution < -0.4 is 0 Å². The Morgan fingerprint density at radius 2 is 0.976 bits per heavy atom. The van der Waals surface area contributed by atoms with Crippen molar-refractivity contribution < 1.29 is 5.11 Å². The van der Waals surface area contributed by atoms with Crippen LogP contribution in [-0.2, 0) is 0 Å². The molecule has 8 aromatic rings. The largest absolute Gasteiger partial charge is 0.507 e. The van der Waals surface area contributed by atoms with Gasteiger partial charge in [0, 0.05) is 45.9 Å². The van der Waals surface area contributed by atoms with Gasteiger partial charge in [0.05, 0.1) is 11.6 Å². The van der Waals surface area contributed by atoms with Crippen molar-refractivity contribution in [2.24, 2.45) is 0 Å². The number of nitrogens with zero attached hydrogens (tertiary/aromatic N) is 1. The lowest BCUT2D eigenvalue weighted by Gasteiger charge is -2.14. The van der Waals surface area contributed by atoms with E-state index in [1.165, 1.54) is 40.3 Å². The number of hydrogen-bond acceptors (Lipinski definition) is 4. The highest BCUT2D eigenvalue weighted by Crippen LogP contribution is 2.42. The van der Waals surface area contributed by atoms with E-state index < -0.39 is 0 Å². The Hall–Kier alpha value is -4.95. The summed E-state index contributed by atoms with van der Waals surface area (Å²) in [6.07, 6.45) is 0. The Kier molecular flexibility index (Phi) is 5.43. The van der Waals surface area contributed by atoms with Gasteiger partial charge in [0.25, 0.3) is 0 Å². The third-order valence-corrected chi connectivity index (χ3v) is 10.1. The monoisotopic (exact) mass is 559 g/mol.